The van der Waals surface area contributed by atoms with Gasteiger partial charge in [0.25, 0.3) is 0 Å². The average Bonchev–Trinajstić information content (AvgIpc) is 2.83. The zero-order valence-corrected chi connectivity index (χ0v) is 10.3. The molecule has 0 aromatic heterocycles. The van der Waals surface area contributed by atoms with E-state index < -0.39 is 17.7 Å². The molecule has 1 aromatic rings. The van der Waals surface area contributed by atoms with Gasteiger partial charge in [0.05, 0.1) is 11.8 Å². The maximum atomic E-state index is 13.3. The molecular formula is C14H19F2NO. The van der Waals surface area contributed by atoms with Gasteiger partial charge in [-0.2, -0.15) is 0 Å². The van der Waals surface area contributed by atoms with Crippen molar-refractivity contribution in [3.8, 4) is 0 Å². The Kier molecular flexibility index (Phi) is 4.53. The molecule has 2 rings (SSSR count). The van der Waals surface area contributed by atoms with E-state index in [-0.39, 0.29) is 12.2 Å². The second-order valence-electron chi connectivity index (χ2n) is 5.05. The third-order valence-electron chi connectivity index (χ3n) is 3.54. The third-order valence-corrected chi connectivity index (χ3v) is 3.54. The summed E-state index contributed by atoms with van der Waals surface area (Å²) in [4.78, 5) is 0. The molecule has 2 N–H and O–H groups in total. The fourth-order valence-electron chi connectivity index (χ4n) is 2.57. The van der Waals surface area contributed by atoms with E-state index >= 15 is 0 Å². The van der Waals surface area contributed by atoms with Gasteiger partial charge in [0.1, 0.15) is 11.6 Å². The quantitative estimate of drug-likeness (QED) is 0.846. The molecule has 4 heteroatoms. The van der Waals surface area contributed by atoms with Crippen LogP contribution in [0.25, 0.3) is 0 Å². The molecule has 1 atom stereocenters. The molecule has 0 heterocycles. The van der Waals surface area contributed by atoms with Gasteiger partial charge in [-0.1, -0.05) is 25.7 Å². The standard InChI is InChI=1S/C14H19F2NO/c15-11-5-6-13(16)14(8-11)17-9-12(18)7-10-3-1-2-4-10/h5-6,8,10,12,17-18H,1-4,7,9H2. The van der Waals surface area contributed by atoms with Crippen LogP contribution in [0, 0.1) is 17.6 Å². The lowest BCUT2D eigenvalue weighted by molar-refractivity contribution is 0.155. The van der Waals surface area contributed by atoms with Crippen molar-refractivity contribution in [1.29, 1.82) is 0 Å². The van der Waals surface area contributed by atoms with Crippen molar-refractivity contribution in [2.24, 2.45) is 5.92 Å². The molecule has 0 aliphatic heterocycles. The Bertz CT molecular complexity index is 391. The molecule has 0 spiro atoms. The van der Waals surface area contributed by atoms with Crippen LogP contribution in [-0.2, 0) is 0 Å². The van der Waals surface area contributed by atoms with Gasteiger partial charge in [-0.3, -0.25) is 0 Å². The number of aliphatic hydroxyl groups is 1. The molecule has 100 valence electrons. The van der Waals surface area contributed by atoms with Crippen LogP contribution in [-0.4, -0.2) is 17.8 Å². The highest BCUT2D eigenvalue weighted by Crippen LogP contribution is 2.28. The van der Waals surface area contributed by atoms with Crippen LogP contribution in [0.3, 0.4) is 0 Å². The van der Waals surface area contributed by atoms with Crippen LogP contribution < -0.4 is 5.32 Å². The Morgan fingerprint density at radius 2 is 2.00 bits per heavy atom. The van der Waals surface area contributed by atoms with E-state index in [1.165, 1.54) is 25.7 Å². The molecule has 18 heavy (non-hydrogen) atoms. The summed E-state index contributed by atoms with van der Waals surface area (Å²) >= 11 is 0. The van der Waals surface area contributed by atoms with Crippen molar-refractivity contribution < 1.29 is 13.9 Å². The van der Waals surface area contributed by atoms with Gasteiger partial charge in [-0.25, -0.2) is 8.78 Å². The first kappa shape index (κ1) is 13.3. The number of benzene rings is 1. The van der Waals surface area contributed by atoms with Crippen LogP contribution in [0.15, 0.2) is 18.2 Å². The first-order chi connectivity index (χ1) is 8.65. The second-order valence-corrected chi connectivity index (χ2v) is 5.05. The summed E-state index contributed by atoms with van der Waals surface area (Å²) in [6, 6.07) is 3.27. The monoisotopic (exact) mass is 255 g/mol. The number of hydrogen-bond acceptors (Lipinski definition) is 2. The molecule has 1 unspecified atom stereocenters. The predicted octanol–water partition coefficient (Wildman–Crippen LogP) is 3.32. The van der Waals surface area contributed by atoms with Crippen molar-refractivity contribution in [3.63, 3.8) is 0 Å². The van der Waals surface area contributed by atoms with Crippen molar-refractivity contribution in [1.82, 2.24) is 0 Å². The third kappa shape index (κ3) is 3.67. The van der Waals surface area contributed by atoms with E-state index in [0.29, 0.717) is 5.92 Å². The number of hydrogen-bond donors (Lipinski definition) is 2. The minimum absolute atomic E-state index is 0.112. The van der Waals surface area contributed by atoms with E-state index in [0.717, 1.165) is 24.6 Å². The van der Waals surface area contributed by atoms with E-state index in [1.807, 2.05) is 0 Å². The summed E-state index contributed by atoms with van der Waals surface area (Å²) in [6.07, 6.45) is 5.06. The molecule has 0 radical (unpaired) electrons. The normalized spacial score (nSPS) is 17.9. The summed E-state index contributed by atoms with van der Waals surface area (Å²) < 4.78 is 26.2. The topological polar surface area (TPSA) is 32.3 Å². The van der Waals surface area contributed by atoms with Crippen molar-refractivity contribution in [3.05, 3.63) is 29.8 Å². The van der Waals surface area contributed by atoms with Crippen LogP contribution in [0.2, 0.25) is 0 Å². The Labute approximate surface area is 106 Å². The lowest BCUT2D eigenvalue weighted by Gasteiger charge is -2.16. The summed E-state index contributed by atoms with van der Waals surface area (Å²) in [5, 5.41) is 12.6. The zero-order valence-electron chi connectivity index (χ0n) is 10.3. The van der Waals surface area contributed by atoms with E-state index in [1.54, 1.807) is 0 Å². The second kappa shape index (κ2) is 6.14. The van der Waals surface area contributed by atoms with Crippen molar-refractivity contribution in [2.75, 3.05) is 11.9 Å². The van der Waals surface area contributed by atoms with Crippen molar-refractivity contribution >= 4 is 5.69 Å². The Morgan fingerprint density at radius 3 is 2.72 bits per heavy atom. The first-order valence-electron chi connectivity index (χ1n) is 6.52. The predicted molar refractivity (Wildman–Crippen MR) is 67.4 cm³/mol. The lowest BCUT2D eigenvalue weighted by atomic mass is 10.00. The Balaban J connectivity index is 1.81. The number of nitrogens with one attached hydrogen (secondary N) is 1. The fraction of sp³-hybridized carbons (Fsp3) is 0.571. The summed E-state index contributed by atoms with van der Waals surface area (Å²) in [6.45, 7) is 0.261. The minimum atomic E-state index is -0.504. The lowest BCUT2D eigenvalue weighted by Crippen LogP contribution is -2.22. The van der Waals surface area contributed by atoms with Gasteiger partial charge < -0.3 is 10.4 Å². The van der Waals surface area contributed by atoms with Gasteiger partial charge in [0.2, 0.25) is 0 Å². The number of halogens is 2. The minimum Gasteiger partial charge on any atom is -0.391 e. The highest BCUT2D eigenvalue weighted by molar-refractivity contribution is 5.44. The Hall–Kier alpha value is -1.16. The van der Waals surface area contributed by atoms with Gasteiger partial charge >= 0.3 is 0 Å². The van der Waals surface area contributed by atoms with E-state index in [2.05, 4.69) is 5.32 Å². The van der Waals surface area contributed by atoms with Crippen LogP contribution in [0.4, 0.5) is 14.5 Å². The maximum Gasteiger partial charge on any atom is 0.146 e. The molecule has 1 aliphatic carbocycles. The summed E-state index contributed by atoms with van der Waals surface area (Å²) in [5.74, 6) is -0.396. The molecule has 0 bridgehead atoms. The molecule has 0 saturated heterocycles. The SMILES string of the molecule is OC(CNc1cc(F)ccc1F)CC1CCCC1. The zero-order chi connectivity index (χ0) is 13.0. The molecule has 0 amide bonds. The van der Waals surface area contributed by atoms with E-state index in [9.17, 15) is 13.9 Å². The fourth-order valence-corrected chi connectivity index (χ4v) is 2.57. The van der Waals surface area contributed by atoms with Crippen LogP contribution in [0.1, 0.15) is 32.1 Å². The average molecular weight is 255 g/mol. The molecular weight excluding hydrogens is 236 g/mol. The van der Waals surface area contributed by atoms with Crippen LogP contribution >= 0.6 is 0 Å². The van der Waals surface area contributed by atoms with Gasteiger partial charge in [-0.15, -0.1) is 0 Å². The molecule has 1 saturated carbocycles. The largest absolute Gasteiger partial charge is 0.391 e. The maximum absolute atomic E-state index is 13.3. The number of aliphatic hydroxyl groups excluding tert-OH is 1. The van der Waals surface area contributed by atoms with E-state index in [4.69, 9.17) is 0 Å². The Morgan fingerprint density at radius 1 is 1.28 bits per heavy atom. The summed E-state index contributed by atoms with van der Waals surface area (Å²) in [7, 11) is 0. The smallest absolute Gasteiger partial charge is 0.146 e. The summed E-state index contributed by atoms with van der Waals surface area (Å²) in [5.41, 5.74) is 0.112. The van der Waals surface area contributed by atoms with Crippen LogP contribution in [0.5, 0.6) is 0 Å². The highest BCUT2D eigenvalue weighted by atomic mass is 19.1. The molecule has 1 fully saturated rings. The molecule has 1 aliphatic rings. The molecule has 1 aromatic carbocycles. The number of rotatable bonds is 5. The van der Waals surface area contributed by atoms with Gasteiger partial charge in [0.15, 0.2) is 0 Å². The first-order valence-corrected chi connectivity index (χ1v) is 6.52. The highest BCUT2D eigenvalue weighted by Gasteiger charge is 2.18. The van der Waals surface area contributed by atoms with Crippen molar-refractivity contribution in [2.45, 2.75) is 38.2 Å². The molecule has 2 nitrogen and oxygen atoms in total. The van der Waals surface area contributed by atoms with Gasteiger partial charge in [-0.05, 0) is 30.5 Å². The van der Waals surface area contributed by atoms with Gasteiger partial charge in [0, 0.05) is 6.54 Å². The number of anilines is 1.